The average molecular weight is 460 g/mol. The highest BCUT2D eigenvalue weighted by Gasteiger charge is 2.25. The van der Waals surface area contributed by atoms with Gasteiger partial charge in [-0.1, -0.05) is 25.5 Å². The maximum absolute atomic E-state index is 12.6. The number of carbonyl (C=O) groups is 1. The Labute approximate surface area is 194 Å². The molecule has 2 aliphatic rings. The molecule has 5 nitrogen and oxygen atoms in total. The molecule has 30 heavy (non-hydrogen) atoms. The highest BCUT2D eigenvalue weighted by atomic mass is 35.5. The number of halogens is 2. The number of benzene rings is 1. The molecule has 1 aromatic rings. The Kier molecular flexibility index (Phi) is 12.7. The van der Waals surface area contributed by atoms with E-state index in [1.165, 1.54) is 37.7 Å². The fourth-order valence-electron chi connectivity index (χ4n) is 4.62. The van der Waals surface area contributed by atoms with E-state index >= 15 is 0 Å². The molecule has 0 aromatic heterocycles. The van der Waals surface area contributed by atoms with Gasteiger partial charge in [0.1, 0.15) is 5.75 Å². The maximum atomic E-state index is 12.6. The molecule has 2 aliphatic heterocycles. The fraction of sp³-hybridized carbons (Fsp3) is 0.696. The minimum Gasteiger partial charge on any atom is -0.497 e. The Balaban J connectivity index is 0.00000225. The van der Waals surface area contributed by atoms with E-state index in [4.69, 9.17) is 4.74 Å². The van der Waals surface area contributed by atoms with Crippen LogP contribution in [0.2, 0.25) is 0 Å². The van der Waals surface area contributed by atoms with Crippen LogP contribution in [0, 0.1) is 11.8 Å². The van der Waals surface area contributed by atoms with Gasteiger partial charge >= 0.3 is 0 Å². The second-order valence-corrected chi connectivity index (χ2v) is 8.48. The van der Waals surface area contributed by atoms with E-state index in [0.29, 0.717) is 24.8 Å². The quantitative estimate of drug-likeness (QED) is 0.611. The number of hydrogen-bond donors (Lipinski definition) is 2. The van der Waals surface area contributed by atoms with Crippen molar-refractivity contribution in [3.63, 3.8) is 0 Å². The first kappa shape index (κ1) is 27.0. The van der Waals surface area contributed by atoms with Crippen LogP contribution in [0.5, 0.6) is 5.75 Å². The Hall–Kier alpha value is -1.01. The molecular formula is C23H39Cl2N3O2. The highest BCUT2D eigenvalue weighted by Crippen LogP contribution is 2.26. The summed E-state index contributed by atoms with van der Waals surface area (Å²) >= 11 is 0. The third-order valence-electron chi connectivity index (χ3n) is 6.47. The summed E-state index contributed by atoms with van der Waals surface area (Å²) in [6.45, 7) is 7.29. The first-order valence-corrected chi connectivity index (χ1v) is 11.0. The Bertz CT molecular complexity index is 603. The molecule has 0 saturated carbocycles. The third-order valence-corrected chi connectivity index (χ3v) is 6.47. The lowest BCUT2D eigenvalue weighted by molar-refractivity contribution is -0.122. The summed E-state index contributed by atoms with van der Waals surface area (Å²) in [6.07, 6.45) is 6.89. The summed E-state index contributed by atoms with van der Waals surface area (Å²) in [5.74, 6) is 2.12. The first-order valence-electron chi connectivity index (χ1n) is 11.0. The van der Waals surface area contributed by atoms with Crippen LogP contribution in [0.1, 0.15) is 57.1 Å². The summed E-state index contributed by atoms with van der Waals surface area (Å²) < 4.78 is 5.31. The van der Waals surface area contributed by atoms with Gasteiger partial charge in [0.15, 0.2) is 0 Å². The molecule has 172 valence electrons. The summed E-state index contributed by atoms with van der Waals surface area (Å²) in [5, 5.41) is 6.71. The largest absolute Gasteiger partial charge is 0.497 e. The van der Waals surface area contributed by atoms with E-state index in [-0.39, 0.29) is 36.8 Å². The second-order valence-electron chi connectivity index (χ2n) is 8.48. The minimum absolute atomic E-state index is 0. The standard InChI is InChI=1S/C23H37N3O2.2ClH/c1-18(20-7-6-12-24-16-20)15-23(27)25-17-22(26-13-4-3-5-14-26)19-8-10-21(28-2)11-9-19;;/h8-11,18,20,22,24H,3-7,12-17H2,1-2H3,(H,25,27);2*1H. The lowest BCUT2D eigenvalue weighted by Gasteiger charge is -2.35. The second kappa shape index (κ2) is 14.1. The molecule has 2 N–H and O–H groups in total. The van der Waals surface area contributed by atoms with E-state index in [9.17, 15) is 4.79 Å². The summed E-state index contributed by atoms with van der Waals surface area (Å²) in [4.78, 5) is 15.2. The molecule has 1 amide bonds. The molecule has 0 bridgehead atoms. The van der Waals surface area contributed by atoms with E-state index in [1.807, 2.05) is 12.1 Å². The number of nitrogens with zero attached hydrogens (tertiary/aromatic N) is 1. The van der Waals surface area contributed by atoms with E-state index in [1.54, 1.807) is 7.11 Å². The number of nitrogens with one attached hydrogen (secondary N) is 2. The van der Waals surface area contributed by atoms with Crippen LogP contribution >= 0.6 is 24.8 Å². The molecule has 3 rings (SSSR count). The number of likely N-dealkylation sites (tertiary alicyclic amines) is 1. The maximum Gasteiger partial charge on any atom is 0.220 e. The Morgan fingerprint density at radius 2 is 1.87 bits per heavy atom. The SMILES string of the molecule is COc1ccc(C(CNC(=O)CC(C)C2CCCNC2)N2CCCCC2)cc1.Cl.Cl. The smallest absolute Gasteiger partial charge is 0.220 e. The van der Waals surface area contributed by atoms with Gasteiger partial charge in [0.05, 0.1) is 13.2 Å². The van der Waals surface area contributed by atoms with Crippen LogP contribution in [-0.2, 0) is 4.79 Å². The summed E-state index contributed by atoms with van der Waals surface area (Å²) in [7, 11) is 1.69. The van der Waals surface area contributed by atoms with Crippen LogP contribution in [0.3, 0.4) is 0 Å². The van der Waals surface area contributed by atoms with Gasteiger partial charge in [-0.3, -0.25) is 9.69 Å². The molecule has 7 heteroatoms. The van der Waals surface area contributed by atoms with Crippen LogP contribution in [0.25, 0.3) is 0 Å². The van der Waals surface area contributed by atoms with Crippen molar-refractivity contribution in [3.8, 4) is 5.75 Å². The van der Waals surface area contributed by atoms with Crippen molar-refractivity contribution in [2.24, 2.45) is 11.8 Å². The van der Waals surface area contributed by atoms with E-state index < -0.39 is 0 Å². The topological polar surface area (TPSA) is 53.6 Å². The Morgan fingerprint density at radius 1 is 1.17 bits per heavy atom. The van der Waals surface area contributed by atoms with Crippen LogP contribution < -0.4 is 15.4 Å². The number of piperidine rings is 2. The first-order chi connectivity index (χ1) is 13.7. The average Bonchev–Trinajstić information content (AvgIpc) is 2.75. The van der Waals surface area contributed by atoms with Gasteiger partial charge in [0.25, 0.3) is 0 Å². The summed E-state index contributed by atoms with van der Waals surface area (Å²) in [5.41, 5.74) is 1.26. The fourth-order valence-corrected chi connectivity index (χ4v) is 4.62. The van der Waals surface area contributed by atoms with Crippen molar-refractivity contribution in [2.75, 3.05) is 39.8 Å². The molecule has 2 heterocycles. The van der Waals surface area contributed by atoms with Gasteiger partial charge in [0, 0.05) is 13.0 Å². The van der Waals surface area contributed by atoms with Gasteiger partial charge in [-0.15, -0.1) is 24.8 Å². The van der Waals surface area contributed by atoms with Crippen molar-refractivity contribution in [1.82, 2.24) is 15.5 Å². The van der Waals surface area contributed by atoms with Gasteiger partial charge in [-0.2, -0.15) is 0 Å². The molecule has 0 radical (unpaired) electrons. The lowest BCUT2D eigenvalue weighted by atomic mass is 9.85. The minimum atomic E-state index is 0. The lowest BCUT2D eigenvalue weighted by Crippen LogP contribution is -2.41. The Morgan fingerprint density at radius 3 is 2.47 bits per heavy atom. The van der Waals surface area contributed by atoms with E-state index in [2.05, 4.69) is 34.6 Å². The van der Waals surface area contributed by atoms with Crippen molar-refractivity contribution in [3.05, 3.63) is 29.8 Å². The van der Waals surface area contributed by atoms with E-state index in [0.717, 1.165) is 31.9 Å². The van der Waals surface area contributed by atoms with Crippen molar-refractivity contribution >= 4 is 30.7 Å². The normalized spacial score (nSPS) is 21.5. The number of ether oxygens (including phenoxy) is 1. The predicted octanol–water partition coefficient (Wildman–Crippen LogP) is 4.21. The third kappa shape index (κ3) is 7.92. The van der Waals surface area contributed by atoms with Crippen molar-refractivity contribution < 1.29 is 9.53 Å². The zero-order valence-electron chi connectivity index (χ0n) is 18.4. The van der Waals surface area contributed by atoms with Crippen LogP contribution in [-0.4, -0.2) is 50.6 Å². The molecule has 1 aromatic carbocycles. The number of carbonyl (C=O) groups excluding carboxylic acids is 1. The molecule has 2 saturated heterocycles. The molecule has 0 spiro atoms. The van der Waals surface area contributed by atoms with Crippen LogP contribution in [0.15, 0.2) is 24.3 Å². The summed E-state index contributed by atoms with van der Waals surface area (Å²) in [6, 6.07) is 8.56. The van der Waals surface area contributed by atoms with Gasteiger partial charge in [0.2, 0.25) is 5.91 Å². The predicted molar refractivity (Wildman–Crippen MR) is 128 cm³/mol. The van der Waals surface area contributed by atoms with Crippen LogP contribution in [0.4, 0.5) is 0 Å². The number of amides is 1. The van der Waals surface area contributed by atoms with Crippen molar-refractivity contribution in [2.45, 2.75) is 51.5 Å². The van der Waals surface area contributed by atoms with Crippen molar-refractivity contribution in [1.29, 1.82) is 0 Å². The van der Waals surface area contributed by atoms with Gasteiger partial charge < -0.3 is 15.4 Å². The molecule has 3 atom stereocenters. The molecule has 2 fully saturated rings. The van der Waals surface area contributed by atoms with Gasteiger partial charge in [-0.25, -0.2) is 0 Å². The zero-order chi connectivity index (χ0) is 19.8. The van der Waals surface area contributed by atoms with Gasteiger partial charge in [-0.05, 0) is 81.4 Å². The molecular weight excluding hydrogens is 421 g/mol. The number of rotatable bonds is 8. The number of hydrogen-bond acceptors (Lipinski definition) is 4. The molecule has 3 unspecified atom stereocenters. The zero-order valence-corrected chi connectivity index (χ0v) is 20.0. The highest BCUT2D eigenvalue weighted by molar-refractivity contribution is 5.85. The monoisotopic (exact) mass is 459 g/mol. The number of methoxy groups -OCH3 is 1. The molecule has 0 aliphatic carbocycles.